The topological polar surface area (TPSA) is 72.2 Å². The minimum atomic E-state index is -0.901. The van der Waals surface area contributed by atoms with Gasteiger partial charge in [0.2, 0.25) is 0 Å². The van der Waals surface area contributed by atoms with Crippen molar-refractivity contribution in [2.45, 2.75) is 71.1 Å². The maximum atomic E-state index is 10.8. The minimum Gasteiger partial charge on any atom is -0.361 e. The summed E-state index contributed by atoms with van der Waals surface area (Å²) in [5.74, 6) is -1.58. The Kier molecular flexibility index (Phi) is 11.7. The first-order valence-corrected chi connectivity index (χ1v) is 7.26. The van der Waals surface area contributed by atoms with Crippen LogP contribution in [0.25, 0.3) is 0 Å². The van der Waals surface area contributed by atoms with Crippen molar-refractivity contribution in [1.29, 1.82) is 0 Å². The van der Waals surface area contributed by atoms with E-state index in [-0.39, 0.29) is 0 Å². The Morgan fingerprint density at radius 1 is 0.833 bits per heavy atom. The molecule has 0 saturated heterocycles. The van der Waals surface area contributed by atoms with E-state index < -0.39 is 11.8 Å². The molecule has 0 unspecified atom stereocenters. The van der Waals surface area contributed by atoms with Crippen molar-refractivity contribution >= 4 is 11.8 Å². The zero-order chi connectivity index (χ0) is 13.6. The highest BCUT2D eigenvalue weighted by Crippen LogP contribution is 2.10. The van der Waals surface area contributed by atoms with Gasteiger partial charge in [-0.15, -0.1) is 0 Å². The van der Waals surface area contributed by atoms with Gasteiger partial charge in [0.05, 0.1) is 0 Å². The summed E-state index contributed by atoms with van der Waals surface area (Å²) < 4.78 is 0. The number of unbranched alkanes of at least 4 members (excludes halogenated alkanes) is 9. The normalized spacial score (nSPS) is 10.3. The molecule has 0 aromatic rings. The molecule has 0 aromatic carbocycles. The van der Waals surface area contributed by atoms with Gasteiger partial charge in [0, 0.05) is 6.54 Å². The number of carbonyl (C=O) groups excluding carboxylic acids is 2. The Bertz CT molecular complexity index is 230. The monoisotopic (exact) mass is 256 g/mol. The predicted octanol–water partition coefficient (Wildman–Crippen LogP) is 2.51. The molecule has 4 nitrogen and oxygen atoms in total. The van der Waals surface area contributed by atoms with Gasteiger partial charge < -0.3 is 11.1 Å². The van der Waals surface area contributed by atoms with Gasteiger partial charge in [-0.25, -0.2) is 0 Å². The minimum absolute atomic E-state index is 0.554. The van der Waals surface area contributed by atoms with Gasteiger partial charge >= 0.3 is 11.8 Å². The van der Waals surface area contributed by atoms with Crippen LogP contribution in [-0.2, 0) is 9.59 Å². The highest BCUT2D eigenvalue weighted by atomic mass is 16.2. The molecule has 0 aliphatic rings. The summed E-state index contributed by atoms with van der Waals surface area (Å²) in [5, 5.41) is 2.49. The average molecular weight is 256 g/mol. The van der Waals surface area contributed by atoms with Crippen molar-refractivity contribution in [3.05, 3.63) is 0 Å². The molecule has 106 valence electrons. The van der Waals surface area contributed by atoms with Crippen molar-refractivity contribution in [2.75, 3.05) is 6.54 Å². The fourth-order valence-electron chi connectivity index (χ4n) is 1.90. The molecule has 0 rings (SSSR count). The maximum Gasteiger partial charge on any atom is 0.309 e. The Hall–Kier alpha value is -1.06. The van der Waals surface area contributed by atoms with Crippen LogP contribution >= 0.6 is 0 Å². The Morgan fingerprint density at radius 3 is 1.72 bits per heavy atom. The van der Waals surface area contributed by atoms with E-state index in [1.54, 1.807) is 0 Å². The summed E-state index contributed by atoms with van der Waals surface area (Å²) in [6, 6.07) is 0. The molecule has 3 N–H and O–H groups in total. The number of hydrogen-bond donors (Lipinski definition) is 2. The van der Waals surface area contributed by atoms with Crippen molar-refractivity contribution in [3.63, 3.8) is 0 Å². The quantitative estimate of drug-likeness (QED) is 0.440. The number of hydrogen-bond acceptors (Lipinski definition) is 2. The van der Waals surface area contributed by atoms with Gasteiger partial charge in [0.1, 0.15) is 0 Å². The molecular weight excluding hydrogens is 228 g/mol. The number of primary amides is 1. The summed E-state index contributed by atoms with van der Waals surface area (Å²) >= 11 is 0. The second kappa shape index (κ2) is 12.4. The third kappa shape index (κ3) is 11.4. The molecule has 0 aliphatic heterocycles. The Morgan fingerprint density at radius 2 is 1.28 bits per heavy atom. The molecule has 18 heavy (non-hydrogen) atoms. The van der Waals surface area contributed by atoms with Crippen molar-refractivity contribution in [2.24, 2.45) is 5.73 Å². The van der Waals surface area contributed by atoms with Crippen LogP contribution < -0.4 is 11.1 Å². The highest BCUT2D eigenvalue weighted by molar-refractivity contribution is 6.34. The van der Waals surface area contributed by atoms with Crippen LogP contribution in [0.2, 0.25) is 0 Å². The SMILES string of the molecule is CCCCCCCCCCCCNC(=O)C(N)=O. The summed E-state index contributed by atoms with van der Waals surface area (Å²) in [6.45, 7) is 2.79. The summed E-state index contributed by atoms with van der Waals surface area (Å²) in [5.41, 5.74) is 4.82. The second-order valence-corrected chi connectivity index (χ2v) is 4.80. The molecule has 4 heteroatoms. The molecule has 0 bridgehead atoms. The first-order chi connectivity index (χ1) is 8.68. The lowest BCUT2D eigenvalue weighted by molar-refractivity contribution is -0.137. The van der Waals surface area contributed by atoms with Crippen LogP contribution in [0, 0.1) is 0 Å². The van der Waals surface area contributed by atoms with Gasteiger partial charge in [0.15, 0.2) is 0 Å². The van der Waals surface area contributed by atoms with Gasteiger partial charge in [-0.1, -0.05) is 64.7 Å². The van der Waals surface area contributed by atoms with Crippen molar-refractivity contribution < 1.29 is 9.59 Å². The average Bonchev–Trinajstić information content (AvgIpc) is 2.35. The van der Waals surface area contributed by atoms with Crippen LogP contribution in [0.1, 0.15) is 71.1 Å². The van der Waals surface area contributed by atoms with E-state index in [0.717, 1.165) is 12.8 Å². The molecule has 2 amide bonds. The fraction of sp³-hybridized carbons (Fsp3) is 0.857. The van der Waals surface area contributed by atoms with E-state index in [2.05, 4.69) is 12.2 Å². The summed E-state index contributed by atoms with van der Waals surface area (Å²) in [7, 11) is 0. The summed E-state index contributed by atoms with van der Waals surface area (Å²) in [4.78, 5) is 21.2. The third-order valence-electron chi connectivity index (χ3n) is 3.04. The van der Waals surface area contributed by atoms with Crippen molar-refractivity contribution in [1.82, 2.24) is 5.32 Å². The van der Waals surface area contributed by atoms with E-state index in [9.17, 15) is 9.59 Å². The zero-order valence-electron chi connectivity index (χ0n) is 11.7. The third-order valence-corrected chi connectivity index (χ3v) is 3.04. The van der Waals surface area contributed by atoms with Crippen LogP contribution in [0.5, 0.6) is 0 Å². The van der Waals surface area contributed by atoms with Gasteiger partial charge in [0.25, 0.3) is 0 Å². The first-order valence-electron chi connectivity index (χ1n) is 7.26. The zero-order valence-corrected chi connectivity index (χ0v) is 11.7. The van der Waals surface area contributed by atoms with Gasteiger partial charge in [-0.05, 0) is 6.42 Å². The number of carbonyl (C=O) groups is 2. The predicted molar refractivity (Wildman–Crippen MR) is 74.0 cm³/mol. The molecule has 0 aromatic heterocycles. The smallest absolute Gasteiger partial charge is 0.309 e. The number of amides is 2. The van der Waals surface area contributed by atoms with E-state index in [0.29, 0.717) is 6.54 Å². The molecular formula is C14H28N2O2. The number of nitrogens with two attached hydrogens (primary N) is 1. The van der Waals surface area contributed by atoms with Gasteiger partial charge in [-0.2, -0.15) is 0 Å². The maximum absolute atomic E-state index is 10.8. The molecule has 0 spiro atoms. The Labute approximate surface area is 111 Å². The van der Waals surface area contributed by atoms with Crippen molar-refractivity contribution in [3.8, 4) is 0 Å². The largest absolute Gasteiger partial charge is 0.361 e. The number of rotatable bonds is 11. The van der Waals surface area contributed by atoms with Crippen LogP contribution in [0.4, 0.5) is 0 Å². The van der Waals surface area contributed by atoms with Crippen LogP contribution in [0.15, 0.2) is 0 Å². The molecule has 0 saturated carbocycles. The van der Waals surface area contributed by atoms with E-state index in [1.807, 2.05) is 0 Å². The van der Waals surface area contributed by atoms with E-state index in [4.69, 9.17) is 5.73 Å². The second-order valence-electron chi connectivity index (χ2n) is 4.80. The highest BCUT2D eigenvalue weighted by Gasteiger charge is 2.05. The molecule has 0 heterocycles. The Balaban J connectivity index is 3.07. The van der Waals surface area contributed by atoms with Crippen LogP contribution in [0.3, 0.4) is 0 Å². The molecule has 0 aliphatic carbocycles. The molecule has 0 radical (unpaired) electrons. The van der Waals surface area contributed by atoms with Crippen LogP contribution in [-0.4, -0.2) is 18.4 Å². The lowest BCUT2D eigenvalue weighted by Gasteiger charge is -2.03. The molecule has 0 fully saturated rings. The lowest BCUT2D eigenvalue weighted by atomic mass is 10.1. The first kappa shape index (κ1) is 16.9. The van der Waals surface area contributed by atoms with E-state index >= 15 is 0 Å². The fourth-order valence-corrected chi connectivity index (χ4v) is 1.90. The lowest BCUT2D eigenvalue weighted by Crippen LogP contribution is -2.36. The van der Waals surface area contributed by atoms with E-state index in [1.165, 1.54) is 51.4 Å². The van der Waals surface area contributed by atoms with Gasteiger partial charge in [-0.3, -0.25) is 9.59 Å². The summed E-state index contributed by atoms with van der Waals surface area (Å²) in [6.07, 6.45) is 12.6. The number of nitrogens with one attached hydrogen (secondary N) is 1. The molecule has 0 atom stereocenters. The standard InChI is InChI=1S/C14H28N2O2/c1-2-3-4-5-6-7-8-9-10-11-12-16-14(18)13(15)17/h2-12H2,1H3,(H2,15,17)(H,16,18).